The zero-order valence-corrected chi connectivity index (χ0v) is 19.7. The van der Waals surface area contributed by atoms with E-state index >= 15 is 0 Å². The van der Waals surface area contributed by atoms with E-state index in [1.807, 2.05) is 60.7 Å². The lowest BCUT2D eigenvalue weighted by Crippen LogP contribution is -2.59. The molecule has 3 aromatic carbocycles. The second-order valence-electron chi connectivity index (χ2n) is 9.20. The third-order valence-electron chi connectivity index (χ3n) is 7.63. The molecule has 0 bridgehead atoms. The fraction of sp³-hybridized carbons (Fsp3) is 0.250. The SMILES string of the molecule is COC(=O)CCc1ccc2c(c1)C1(C(=O)N(C)c3ccccc31)C1(O2)C(=O)N(C)c2ccccc21. The molecule has 0 saturated heterocycles. The van der Waals surface area contributed by atoms with Crippen molar-refractivity contribution < 1.29 is 23.9 Å². The molecule has 2 spiro atoms. The quantitative estimate of drug-likeness (QED) is 0.552. The molecule has 3 heterocycles. The fourth-order valence-electron chi connectivity index (χ4n) is 6.04. The zero-order valence-electron chi connectivity index (χ0n) is 19.7. The van der Waals surface area contributed by atoms with E-state index in [4.69, 9.17) is 9.47 Å². The standard InChI is InChI=1S/C28H24N2O5/c1-29-21-10-6-4-8-18(21)27(25(29)32)20-16-17(13-15-24(31)34-3)12-14-23(20)35-28(27)19-9-5-7-11-22(19)30(2)26(28)33/h4-12,14,16H,13,15H2,1-3H3. The maximum atomic E-state index is 14.4. The highest BCUT2D eigenvalue weighted by Gasteiger charge is 2.76. The zero-order chi connectivity index (χ0) is 24.5. The predicted molar refractivity (Wildman–Crippen MR) is 130 cm³/mol. The number of aryl methyl sites for hydroxylation is 1. The van der Waals surface area contributed by atoms with Crippen molar-refractivity contribution >= 4 is 29.2 Å². The van der Waals surface area contributed by atoms with Crippen LogP contribution in [0.5, 0.6) is 5.75 Å². The van der Waals surface area contributed by atoms with Gasteiger partial charge in [0.25, 0.3) is 5.91 Å². The number of carbonyl (C=O) groups excluding carboxylic acids is 3. The van der Waals surface area contributed by atoms with Crippen LogP contribution in [0, 0.1) is 0 Å². The third kappa shape index (κ3) is 2.42. The van der Waals surface area contributed by atoms with E-state index in [1.165, 1.54) is 7.11 Å². The molecule has 2 amide bonds. The van der Waals surface area contributed by atoms with E-state index in [2.05, 4.69) is 0 Å². The minimum atomic E-state index is -1.58. The molecule has 0 aromatic heterocycles. The van der Waals surface area contributed by atoms with Crippen molar-refractivity contribution in [2.45, 2.75) is 23.9 Å². The first kappa shape index (κ1) is 21.4. The number of anilines is 2. The van der Waals surface area contributed by atoms with Gasteiger partial charge in [0, 0.05) is 42.9 Å². The summed E-state index contributed by atoms with van der Waals surface area (Å²) in [7, 11) is 4.81. The Hall–Kier alpha value is -4.13. The van der Waals surface area contributed by atoms with Gasteiger partial charge in [-0.2, -0.15) is 0 Å². The molecule has 3 aromatic rings. The van der Waals surface area contributed by atoms with Crippen LogP contribution in [0.2, 0.25) is 0 Å². The Morgan fingerprint density at radius 3 is 2.20 bits per heavy atom. The molecular weight excluding hydrogens is 444 g/mol. The third-order valence-corrected chi connectivity index (χ3v) is 7.63. The van der Waals surface area contributed by atoms with Crippen LogP contribution in [0.15, 0.2) is 66.7 Å². The van der Waals surface area contributed by atoms with Gasteiger partial charge in [-0.05, 0) is 30.2 Å². The van der Waals surface area contributed by atoms with Crippen molar-refractivity contribution in [2.24, 2.45) is 0 Å². The summed E-state index contributed by atoms with van der Waals surface area (Å²) < 4.78 is 11.5. The van der Waals surface area contributed by atoms with Crippen LogP contribution in [-0.2, 0) is 36.6 Å². The van der Waals surface area contributed by atoms with E-state index in [9.17, 15) is 14.4 Å². The van der Waals surface area contributed by atoms with Gasteiger partial charge in [-0.3, -0.25) is 14.4 Å². The highest BCUT2D eigenvalue weighted by molar-refractivity contribution is 6.20. The van der Waals surface area contributed by atoms with E-state index in [0.29, 0.717) is 23.3 Å². The summed E-state index contributed by atoms with van der Waals surface area (Å²) in [6, 6.07) is 20.6. The molecule has 0 fully saturated rings. The molecule has 6 rings (SSSR count). The molecule has 0 aliphatic carbocycles. The first-order valence-corrected chi connectivity index (χ1v) is 11.5. The van der Waals surface area contributed by atoms with Crippen molar-refractivity contribution in [3.05, 3.63) is 89.0 Å². The number of hydrogen-bond donors (Lipinski definition) is 0. The second kappa shape index (κ2) is 7.18. The number of likely N-dealkylation sites (N-methyl/N-ethyl adjacent to an activating group) is 2. The molecule has 0 N–H and O–H groups in total. The molecule has 176 valence electrons. The average Bonchev–Trinajstić information content (AvgIpc) is 3.41. The average molecular weight is 469 g/mol. The van der Waals surface area contributed by atoms with Crippen LogP contribution in [0.1, 0.15) is 28.7 Å². The van der Waals surface area contributed by atoms with Crippen LogP contribution in [0.3, 0.4) is 0 Å². The minimum absolute atomic E-state index is 0.212. The summed E-state index contributed by atoms with van der Waals surface area (Å²) in [6.07, 6.45) is 0.655. The lowest BCUT2D eigenvalue weighted by Gasteiger charge is -2.37. The smallest absolute Gasteiger partial charge is 0.305 e. The molecule has 0 saturated carbocycles. The van der Waals surface area contributed by atoms with Gasteiger partial charge in [-0.1, -0.05) is 48.5 Å². The number of esters is 1. The topological polar surface area (TPSA) is 76.1 Å². The van der Waals surface area contributed by atoms with Crippen molar-refractivity contribution in [1.82, 2.24) is 0 Å². The first-order chi connectivity index (χ1) is 16.9. The molecule has 3 aliphatic rings. The molecule has 0 radical (unpaired) electrons. The van der Waals surface area contributed by atoms with Gasteiger partial charge in [0.1, 0.15) is 5.75 Å². The molecule has 7 nitrogen and oxygen atoms in total. The second-order valence-corrected chi connectivity index (χ2v) is 9.20. The number of nitrogens with zero attached hydrogens (tertiary/aromatic N) is 2. The van der Waals surface area contributed by atoms with Crippen LogP contribution in [-0.4, -0.2) is 39.0 Å². The maximum Gasteiger partial charge on any atom is 0.305 e. The van der Waals surface area contributed by atoms with Gasteiger partial charge < -0.3 is 19.3 Å². The molecule has 35 heavy (non-hydrogen) atoms. The van der Waals surface area contributed by atoms with E-state index in [-0.39, 0.29) is 24.2 Å². The molecular formula is C28H24N2O5. The lowest BCUT2D eigenvalue weighted by atomic mass is 9.62. The Morgan fingerprint density at radius 1 is 0.857 bits per heavy atom. The summed E-state index contributed by atoms with van der Waals surface area (Å²) in [5.74, 6) is -0.328. The fourth-order valence-corrected chi connectivity index (χ4v) is 6.04. The largest absolute Gasteiger partial charge is 0.470 e. The molecule has 7 heteroatoms. The Labute approximate surface area is 202 Å². The summed E-state index contributed by atoms with van der Waals surface area (Å²) >= 11 is 0. The summed E-state index contributed by atoms with van der Waals surface area (Å²) in [6.45, 7) is 0. The number of carbonyl (C=O) groups is 3. The highest BCUT2D eigenvalue weighted by atomic mass is 16.5. The van der Waals surface area contributed by atoms with Gasteiger partial charge in [0.05, 0.1) is 12.8 Å². The van der Waals surface area contributed by atoms with Gasteiger partial charge in [0.15, 0.2) is 5.41 Å². The molecule has 2 unspecified atom stereocenters. The molecule has 2 atom stereocenters. The normalized spacial score (nSPS) is 23.5. The van der Waals surface area contributed by atoms with Crippen LogP contribution < -0.4 is 14.5 Å². The number of benzene rings is 3. The monoisotopic (exact) mass is 468 g/mol. The van der Waals surface area contributed by atoms with Crippen molar-refractivity contribution in [1.29, 1.82) is 0 Å². The number of amides is 2. The Kier molecular flexibility index (Phi) is 4.39. The van der Waals surface area contributed by atoms with E-state index in [0.717, 1.165) is 22.5 Å². The van der Waals surface area contributed by atoms with Crippen molar-refractivity contribution in [3.8, 4) is 5.75 Å². The minimum Gasteiger partial charge on any atom is -0.470 e. The van der Waals surface area contributed by atoms with Crippen LogP contribution >= 0.6 is 0 Å². The van der Waals surface area contributed by atoms with Crippen molar-refractivity contribution in [3.63, 3.8) is 0 Å². The van der Waals surface area contributed by atoms with Crippen molar-refractivity contribution in [2.75, 3.05) is 31.0 Å². The Morgan fingerprint density at radius 2 is 1.49 bits per heavy atom. The lowest BCUT2D eigenvalue weighted by molar-refractivity contribution is -0.142. The molecule has 3 aliphatic heterocycles. The Bertz CT molecular complexity index is 1430. The number of methoxy groups -OCH3 is 1. The van der Waals surface area contributed by atoms with Gasteiger partial charge in [-0.25, -0.2) is 0 Å². The number of ether oxygens (including phenoxy) is 2. The van der Waals surface area contributed by atoms with Gasteiger partial charge >= 0.3 is 5.97 Å². The predicted octanol–water partition coefficient (Wildman–Crippen LogP) is 3.32. The highest BCUT2D eigenvalue weighted by Crippen LogP contribution is 2.66. The van der Waals surface area contributed by atoms with Gasteiger partial charge in [-0.15, -0.1) is 0 Å². The summed E-state index contributed by atoms with van der Waals surface area (Å²) in [5.41, 5.74) is 1.37. The number of rotatable bonds is 3. The first-order valence-electron chi connectivity index (χ1n) is 11.5. The maximum absolute atomic E-state index is 14.4. The summed E-state index contributed by atoms with van der Waals surface area (Å²) in [4.78, 5) is 43.6. The van der Waals surface area contributed by atoms with Crippen LogP contribution in [0.25, 0.3) is 0 Å². The van der Waals surface area contributed by atoms with Crippen LogP contribution in [0.4, 0.5) is 11.4 Å². The summed E-state index contributed by atoms with van der Waals surface area (Å²) in [5, 5.41) is 0. The number of hydrogen-bond acceptors (Lipinski definition) is 5. The Balaban J connectivity index is 1.67. The van der Waals surface area contributed by atoms with E-state index < -0.39 is 11.0 Å². The van der Waals surface area contributed by atoms with Gasteiger partial charge in [0.2, 0.25) is 11.5 Å². The number of fused-ring (bicyclic) bond motifs is 7. The number of para-hydroxylation sites is 2. The van der Waals surface area contributed by atoms with E-state index in [1.54, 1.807) is 30.0 Å².